The maximum atomic E-state index is 13.7. The van der Waals surface area contributed by atoms with Gasteiger partial charge in [-0.2, -0.15) is 0 Å². The molecule has 2 aromatic carbocycles. The number of amides is 1. The molecule has 4 rings (SSSR count). The quantitative estimate of drug-likeness (QED) is 0.275. The number of nitrogens with two attached hydrogens (primary N) is 1. The Hall–Kier alpha value is -3.19. The van der Waals surface area contributed by atoms with Crippen LogP contribution < -0.4 is 11.1 Å². The molecular formula is C26H29N3O3S. The number of benzene rings is 2. The molecule has 1 fully saturated rings. The lowest BCUT2D eigenvalue weighted by atomic mass is 9.83. The lowest BCUT2D eigenvalue weighted by Gasteiger charge is -2.31. The van der Waals surface area contributed by atoms with E-state index in [1.165, 1.54) is 7.11 Å². The minimum absolute atomic E-state index is 0.00114. The number of amidine groups is 1. The van der Waals surface area contributed by atoms with E-state index in [0.717, 1.165) is 46.9 Å². The molecule has 1 heterocycles. The molecule has 1 aliphatic carbocycles. The third-order valence-electron chi connectivity index (χ3n) is 6.49. The molecule has 1 aromatic heterocycles. The fraction of sp³-hybridized carbons (Fsp3) is 0.346. The molecule has 0 aliphatic heterocycles. The van der Waals surface area contributed by atoms with E-state index in [2.05, 4.69) is 5.32 Å². The van der Waals surface area contributed by atoms with Gasteiger partial charge in [0.15, 0.2) is 0 Å². The number of hydrogen-bond donors (Lipinski definition) is 3. The first-order chi connectivity index (χ1) is 16.0. The average Bonchev–Trinajstić information content (AvgIpc) is 3.26. The molecule has 3 atom stereocenters. The van der Waals surface area contributed by atoms with Gasteiger partial charge in [0.05, 0.1) is 18.9 Å². The lowest BCUT2D eigenvalue weighted by Crippen LogP contribution is -2.47. The largest absolute Gasteiger partial charge is 0.469 e. The van der Waals surface area contributed by atoms with Crippen LogP contribution in [0, 0.1) is 11.3 Å². The highest BCUT2D eigenvalue weighted by Crippen LogP contribution is 2.35. The Morgan fingerprint density at radius 1 is 1.18 bits per heavy atom. The summed E-state index contributed by atoms with van der Waals surface area (Å²) in [5, 5.41) is 14.0. The number of ether oxygens (including phenoxy) is 1. The van der Waals surface area contributed by atoms with Gasteiger partial charge in [0.1, 0.15) is 5.84 Å². The van der Waals surface area contributed by atoms with Gasteiger partial charge in [-0.3, -0.25) is 15.0 Å². The van der Waals surface area contributed by atoms with Gasteiger partial charge in [-0.05, 0) is 59.4 Å². The molecule has 33 heavy (non-hydrogen) atoms. The van der Waals surface area contributed by atoms with Crippen LogP contribution in [-0.4, -0.2) is 30.9 Å². The molecule has 7 heteroatoms. The van der Waals surface area contributed by atoms with Crippen molar-refractivity contribution in [1.82, 2.24) is 5.32 Å². The highest BCUT2D eigenvalue weighted by Gasteiger charge is 2.35. The summed E-state index contributed by atoms with van der Waals surface area (Å²) in [5.74, 6) is -1.09. The van der Waals surface area contributed by atoms with E-state index in [1.54, 1.807) is 11.3 Å². The third-order valence-corrected chi connectivity index (χ3v) is 7.47. The molecule has 2 unspecified atom stereocenters. The summed E-state index contributed by atoms with van der Waals surface area (Å²) in [6.07, 6.45) is 3.97. The van der Waals surface area contributed by atoms with Crippen molar-refractivity contribution in [3.8, 4) is 0 Å². The summed E-state index contributed by atoms with van der Waals surface area (Å²) >= 11 is 1.58. The van der Waals surface area contributed by atoms with Crippen molar-refractivity contribution >= 4 is 39.1 Å². The summed E-state index contributed by atoms with van der Waals surface area (Å²) in [7, 11) is 1.40. The van der Waals surface area contributed by atoms with Crippen molar-refractivity contribution < 1.29 is 14.3 Å². The molecule has 4 N–H and O–H groups in total. The van der Waals surface area contributed by atoms with Crippen molar-refractivity contribution in [3.63, 3.8) is 0 Å². The number of esters is 1. The molecular weight excluding hydrogens is 434 g/mol. The highest BCUT2D eigenvalue weighted by molar-refractivity contribution is 7.17. The highest BCUT2D eigenvalue weighted by atomic mass is 32.1. The number of nitrogen functional groups attached to an aromatic ring is 1. The Bertz CT molecular complexity index is 1160. The van der Waals surface area contributed by atoms with E-state index in [0.29, 0.717) is 12.0 Å². The third kappa shape index (κ3) is 5.09. The zero-order valence-electron chi connectivity index (χ0n) is 18.7. The number of carbonyl (C=O) groups is 2. The summed E-state index contributed by atoms with van der Waals surface area (Å²) in [6, 6.07) is 15.4. The number of thiophene rings is 1. The Morgan fingerprint density at radius 3 is 2.67 bits per heavy atom. The van der Waals surface area contributed by atoms with Gasteiger partial charge in [-0.15, -0.1) is 11.3 Å². The maximum absolute atomic E-state index is 13.7. The van der Waals surface area contributed by atoms with E-state index in [9.17, 15) is 9.59 Å². The first-order valence-corrected chi connectivity index (χ1v) is 12.1. The fourth-order valence-electron chi connectivity index (χ4n) is 4.70. The molecule has 1 saturated carbocycles. The molecule has 0 saturated heterocycles. The first-order valence-electron chi connectivity index (χ1n) is 11.3. The number of nitrogens with one attached hydrogen (secondary N) is 2. The average molecular weight is 464 g/mol. The van der Waals surface area contributed by atoms with Crippen LogP contribution in [0.25, 0.3) is 10.1 Å². The lowest BCUT2D eigenvalue weighted by molar-refractivity contribution is -0.147. The molecule has 1 aliphatic rings. The van der Waals surface area contributed by atoms with Gasteiger partial charge in [0, 0.05) is 16.3 Å². The zero-order chi connectivity index (χ0) is 23.4. The van der Waals surface area contributed by atoms with Gasteiger partial charge in [0.2, 0.25) is 5.91 Å². The van der Waals surface area contributed by atoms with E-state index in [-0.39, 0.29) is 29.7 Å². The second kappa shape index (κ2) is 10.2. The van der Waals surface area contributed by atoms with Crippen molar-refractivity contribution in [2.45, 2.75) is 44.1 Å². The smallest absolute Gasteiger partial charge is 0.310 e. The van der Waals surface area contributed by atoms with E-state index < -0.39 is 5.92 Å². The molecule has 6 nitrogen and oxygen atoms in total. The number of carbonyl (C=O) groups excluding carboxylic acids is 2. The molecule has 1 amide bonds. The number of methoxy groups -OCH3 is 1. The van der Waals surface area contributed by atoms with Gasteiger partial charge < -0.3 is 15.8 Å². The Balaban J connectivity index is 1.69. The van der Waals surface area contributed by atoms with Crippen LogP contribution in [0.2, 0.25) is 0 Å². The van der Waals surface area contributed by atoms with Gasteiger partial charge in [0.25, 0.3) is 0 Å². The second-order valence-electron chi connectivity index (χ2n) is 8.59. The standard InChI is InChI=1S/C26H29N3O3S/c1-32-26(31)18-9-5-6-10-22(18)29-25(30)20(13-16-7-3-2-4-8-16)21-15-33-23-12-11-17(24(27)28)14-19(21)23/h2-4,7-8,11-12,14-15,18,20,22H,5-6,9-10,13H2,1H3,(H3,27,28)(H,29,30)/t18-,20?,22?/m1/s1. The van der Waals surface area contributed by atoms with Crippen LogP contribution in [0.4, 0.5) is 0 Å². The van der Waals surface area contributed by atoms with Crippen molar-refractivity contribution in [2.24, 2.45) is 11.7 Å². The van der Waals surface area contributed by atoms with E-state index in [4.69, 9.17) is 15.9 Å². The predicted molar refractivity (Wildman–Crippen MR) is 132 cm³/mol. The Labute approximate surface area is 197 Å². The minimum Gasteiger partial charge on any atom is -0.469 e. The van der Waals surface area contributed by atoms with Crippen LogP contribution in [-0.2, 0) is 20.7 Å². The molecule has 0 bridgehead atoms. The zero-order valence-corrected chi connectivity index (χ0v) is 19.5. The summed E-state index contributed by atoms with van der Waals surface area (Å²) < 4.78 is 6.05. The van der Waals surface area contributed by atoms with Gasteiger partial charge in [-0.25, -0.2) is 0 Å². The predicted octanol–water partition coefficient (Wildman–Crippen LogP) is 4.36. The van der Waals surface area contributed by atoms with Gasteiger partial charge in [-0.1, -0.05) is 43.2 Å². The monoisotopic (exact) mass is 463 g/mol. The van der Waals surface area contributed by atoms with Crippen molar-refractivity contribution in [2.75, 3.05) is 7.11 Å². The molecule has 3 aromatic rings. The fourth-order valence-corrected chi connectivity index (χ4v) is 5.70. The summed E-state index contributed by atoms with van der Waals surface area (Å²) in [4.78, 5) is 26.0. The van der Waals surface area contributed by atoms with Crippen LogP contribution in [0.3, 0.4) is 0 Å². The van der Waals surface area contributed by atoms with Crippen molar-refractivity contribution in [1.29, 1.82) is 5.41 Å². The number of hydrogen-bond acceptors (Lipinski definition) is 5. The van der Waals surface area contributed by atoms with Gasteiger partial charge >= 0.3 is 5.97 Å². The second-order valence-corrected chi connectivity index (χ2v) is 9.50. The topological polar surface area (TPSA) is 105 Å². The normalized spacial score (nSPS) is 19.1. The molecule has 172 valence electrons. The van der Waals surface area contributed by atoms with E-state index in [1.807, 2.05) is 53.9 Å². The number of rotatable bonds is 7. The first kappa shape index (κ1) is 23.0. The Kier molecular flexibility index (Phi) is 7.08. The number of fused-ring (bicyclic) bond motifs is 1. The van der Waals surface area contributed by atoms with Crippen LogP contribution in [0.1, 0.15) is 48.3 Å². The van der Waals surface area contributed by atoms with Crippen molar-refractivity contribution in [3.05, 3.63) is 70.6 Å². The van der Waals surface area contributed by atoms with Crippen LogP contribution >= 0.6 is 11.3 Å². The maximum Gasteiger partial charge on any atom is 0.310 e. The Morgan fingerprint density at radius 2 is 1.94 bits per heavy atom. The van der Waals surface area contributed by atoms with Crippen LogP contribution in [0.15, 0.2) is 53.9 Å². The summed E-state index contributed by atoms with van der Waals surface area (Å²) in [5.41, 5.74) is 8.35. The molecule has 0 radical (unpaired) electrons. The summed E-state index contributed by atoms with van der Waals surface area (Å²) in [6.45, 7) is 0. The SMILES string of the molecule is COC(=O)[C@@H]1CCCCC1NC(=O)C(Cc1ccccc1)c1csc2ccc(C(=N)N)cc12. The minimum atomic E-state index is -0.427. The molecule has 0 spiro atoms. The van der Waals surface area contributed by atoms with Crippen LogP contribution in [0.5, 0.6) is 0 Å². The van der Waals surface area contributed by atoms with E-state index >= 15 is 0 Å².